The Morgan fingerprint density at radius 3 is 2.22 bits per heavy atom. The van der Waals surface area contributed by atoms with Crippen LogP contribution in [0.25, 0.3) is 0 Å². The third kappa shape index (κ3) is 6.31. The smallest absolute Gasteiger partial charge is 0.303 e. The summed E-state index contributed by atoms with van der Waals surface area (Å²) in [6.07, 6.45) is 0.316. The molecule has 1 unspecified atom stereocenters. The molecule has 6 heteroatoms. The third-order valence-electron chi connectivity index (χ3n) is 5.30. The lowest BCUT2D eigenvalue weighted by atomic mass is 9.89. The minimum absolute atomic E-state index is 0.0379. The highest BCUT2D eigenvalue weighted by Gasteiger charge is 2.20. The molecule has 4 nitrogen and oxygen atoms in total. The van der Waals surface area contributed by atoms with Gasteiger partial charge in [0.15, 0.2) is 0 Å². The first-order valence-corrected chi connectivity index (χ1v) is 11.0. The van der Waals surface area contributed by atoms with E-state index < -0.39 is 12.1 Å². The summed E-state index contributed by atoms with van der Waals surface area (Å²) in [5, 5.41) is 13.4. The summed E-state index contributed by atoms with van der Waals surface area (Å²) < 4.78 is 19.5. The Labute approximate surface area is 193 Å². The molecule has 0 aliphatic rings. The van der Waals surface area contributed by atoms with Crippen LogP contribution in [0.4, 0.5) is 15.8 Å². The fourth-order valence-electron chi connectivity index (χ4n) is 3.73. The maximum atomic E-state index is 13.5. The van der Waals surface area contributed by atoms with Crippen LogP contribution in [0.5, 0.6) is 0 Å². The highest BCUT2D eigenvalue weighted by atomic mass is 35.5. The van der Waals surface area contributed by atoms with Gasteiger partial charge in [0.25, 0.3) is 0 Å². The standard InChI is InChI=1S/C26H27ClFNO3/c1-3-17(16-25(30)31)19-13-20(26(32-4-2)18-5-9-22(28)10-6-18)15-24(14-19)29-23-11-7-21(27)8-12-23/h5-15,17,26,29H,3-4,16H2,1-2H3,(H,30,31)/t17?,26-/m1/s1. The van der Waals surface area contributed by atoms with Crippen LogP contribution in [0.2, 0.25) is 5.02 Å². The number of benzene rings is 3. The van der Waals surface area contributed by atoms with Crippen LogP contribution in [0.3, 0.4) is 0 Å². The second kappa shape index (κ2) is 11.1. The number of hydrogen-bond donors (Lipinski definition) is 2. The first-order valence-electron chi connectivity index (χ1n) is 10.7. The summed E-state index contributed by atoms with van der Waals surface area (Å²) in [7, 11) is 0. The summed E-state index contributed by atoms with van der Waals surface area (Å²) in [6.45, 7) is 4.36. The van der Waals surface area contributed by atoms with Gasteiger partial charge in [0.2, 0.25) is 0 Å². The van der Waals surface area contributed by atoms with Gasteiger partial charge in [-0.1, -0.05) is 36.7 Å². The van der Waals surface area contributed by atoms with E-state index in [2.05, 4.69) is 5.32 Å². The Hall–Kier alpha value is -2.89. The molecule has 3 aromatic carbocycles. The minimum atomic E-state index is -0.839. The Bertz CT molecular complexity index is 1040. The van der Waals surface area contributed by atoms with Gasteiger partial charge in [-0.15, -0.1) is 0 Å². The van der Waals surface area contributed by atoms with E-state index in [-0.39, 0.29) is 18.2 Å². The molecule has 0 radical (unpaired) electrons. The summed E-state index contributed by atoms with van der Waals surface area (Å²) in [4.78, 5) is 11.4. The van der Waals surface area contributed by atoms with Crippen molar-refractivity contribution in [1.82, 2.24) is 0 Å². The van der Waals surface area contributed by atoms with Crippen LogP contribution in [0.15, 0.2) is 66.7 Å². The first-order chi connectivity index (χ1) is 15.4. The van der Waals surface area contributed by atoms with Crippen molar-refractivity contribution in [2.75, 3.05) is 11.9 Å². The lowest BCUT2D eigenvalue weighted by Gasteiger charge is -2.23. The Balaban J connectivity index is 2.07. The van der Waals surface area contributed by atoms with Crippen molar-refractivity contribution in [3.63, 3.8) is 0 Å². The maximum Gasteiger partial charge on any atom is 0.303 e. The fraction of sp³-hybridized carbons (Fsp3) is 0.269. The molecule has 0 bridgehead atoms. The van der Waals surface area contributed by atoms with Gasteiger partial charge in [-0.05, 0) is 84.5 Å². The van der Waals surface area contributed by atoms with Gasteiger partial charge < -0.3 is 15.2 Å². The molecule has 3 aromatic rings. The van der Waals surface area contributed by atoms with Crippen molar-refractivity contribution in [3.8, 4) is 0 Å². The lowest BCUT2D eigenvalue weighted by Crippen LogP contribution is -2.10. The number of rotatable bonds is 10. The molecule has 3 rings (SSSR count). The number of halogens is 2. The largest absolute Gasteiger partial charge is 0.481 e. The third-order valence-corrected chi connectivity index (χ3v) is 5.56. The van der Waals surface area contributed by atoms with Gasteiger partial charge in [-0.3, -0.25) is 4.79 Å². The molecule has 0 aliphatic carbocycles. The van der Waals surface area contributed by atoms with Crippen LogP contribution in [-0.4, -0.2) is 17.7 Å². The molecule has 168 valence electrons. The minimum Gasteiger partial charge on any atom is -0.481 e. The average molecular weight is 456 g/mol. The Morgan fingerprint density at radius 1 is 0.969 bits per heavy atom. The van der Waals surface area contributed by atoms with Gasteiger partial charge in [0.1, 0.15) is 11.9 Å². The van der Waals surface area contributed by atoms with E-state index in [4.69, 9.17) is 16.3 Å². The first kappa shape index (κ1) is 23.8. The van der Waals surface area contributed by atoms with Crippen LogP contribution in [0.1, 0.15) is 55.4 Å². The predicted molar refractivity (Wildman–Crippen MR) is 126 cm³/mol. The monoisotopic (exact) mass is 455 g/mol. The summed E-state index contributed by atoms with van der Waals surface area (Å²) in [6, 6.07) is 19.6. The molecule has 0 saturated heterocycles. The van der Waals surface area contributed by atoms with E-state index in [0.717, 1.165) is 28.1 Å². The number of ether oxygens (including phenoxy) is 1. The average Bonchev–Trinajstić information content (AvgIpc) is 2.78. The molecule has 0 spiro atoms. The Kier molecular flexibility index (Phi) is 8.26. The van der Waals surface area contributed by atoms with Gasteiger partial charge in [0, 0.05) is 23.0 Å². The topological polar surface area (TPSA) is 58.6 Å². The van der Waals surface area contributed by atoms with E-state index in [9.17, 15) is 14.3 Å². The van der Waals surface area contributed by atoms with E-state index in [1.165, 1.54) is 12.1 Å². The van der Waals surface area contributed by atoms with Crippen molar-refractivity contribution >= 4 is 28.9 Å². The lowest BCUT2D eigenvalue weighted by molar-refractivity contribution is -0.137. The van der Waals surface area contributed by atoms with Crippen molar-refractivity contribution in [1.29, 1.82) is 0 Å². The molecular formula is C26H27ClFNO3. The number of anilines is 2. The number of carboxylic acid groups (broad SMARTS) is 1. The Morgan fingerprint density at radius 2 is 1.62 bits per heavy atom. The normalized spacial score (nSPS) is 12.9. The van der Waals surface area contributed by atoms with Gasteiger partial charge in [0.05, 0.1) is 6.42 Å². The molecule has 32 heavy (non-hydrogen) atoms. The second-order valence-corrected chi connectivity index (χ2v) is 8.05. The molecule has 2 N–H and O–H groups in total. The van der Waals surface area contributed by atoms with Crippen LogP contribution in [-0.2, 0) is 9.53 Å². The molecule has 0 aromatic heterocycles. The molecule has 0 saturated carbocycles. The molecule has 0 aliphatic heterocycles. The van der Waals surface area contributed by atoms with Crippen molar-refractivity contribution in [2.24, 2.45) is 0 Å². The number of carbonyl (C=O) groups is 1. The zero-order valence-electron chi connectivity index (χ0n) is 18.1. The van der Waals surface area contributed by atoms with E-state index in [1.54, 1.807) is 24.3 Å². The number of aliphatic carboxylic acids is 1. The second-order valence-electron chi connectivity index (χ2n) is 7.61. The van der Waals surface area contributed by atoms with E-state index in [1.807, 2.05) is 44.2 Å². The molecule has 0 heterocycles. The SMILES string of the molecule is CCO[C@H](c1ccc(F)cc1)c1cc(Nc2ccc(Cl)cc2)cc(C(CC)CC(=O)O)c1. The molecular weight excluding hydrogens is 429 g/mol. The summed E-state index contributed by atoms with van der Waals surface area (Å²) in [5.74, 6) is -1.29. The summed E-state index contributed by atoms with van der Waals surface area (Å²) >= 11 is 6.00. The zero-order chi connectivity index (χ0) is 23.1. The highest BCUT2D eigenvalue weighted by molar-refractivity contribution is 6.30. The van der Waals surface area contributed by atoms with Gasteiger partial charge >= 0.3 is 5.97 Å². The van der Waals surface area contributed by atoms with Gasteiger partial charge in [-0.2, -0.15) is 0 Å². The van der Waals surface area contributed by atoms with Crippen molar-refractivity contribution in [3.05, 3.63) is 94.3 Å². The van der Waals surface area contributed by atoms with Crippen molar-refractivity contribution < 1.29 is 19.0 Å². The van der Waals surface area contributed by atoms with Gasteiger partial charge in [-0.25, -0.2) is 4.39 Å². The van der Waals surface area contributed by atoms with Crippen LogP contribution < -0.4 is 5.32 Å². The number of carboxylic acids is 1. The van der Waals surface area contributed by atoms with Crippen LogP contribution >= 0.6 is 11.6 Å². The quantitative estimate of drug-likeness (QED) is 0.336. The highest BCUT2D eigenvalue weighted by Crippen LogP contribution is 2.34. The molecule has 2 atom stereocenters. The van der Waals surface area contributed by atoms with E-state index >= 15 is 0 Å². The number of nitrogens with one attached hydrogen (secondary N) is 1. The van der Waals surface area contributed by atoms with Crippen molar-refractivity contribution in [2.45, 2.75) is 38.7 Å². The van der Waals surface area contributed by atoms with E-state index in [0.29, 0.717) is 18.1 Å². The zero-order valence-corrected chi connectivity index (χ0v) is 18.9. The molecule has 0 fully saturated rings. The predicted octanol–water partition coefficient (Wildman–Crippen LogP) is 7.32. The maximum absolute atomic E-state index is 13.5. The summed E-state index contributed by atoms with van der Waals surface area (Å²) in [5.41, 5.74) is 4.29. The number of hydrogen-bond acceptors (Lipinski definition) is 3. The molecule has 0 amide bonds. The fourth-order valence-corrected chi connectivity index (χ4v) is 3.86. The van der Waals surface area contributed by atoms with Crippen LogP contribution in [0, 0.1) is 5.82 Å².